The Balaban J connectivity index is 2.13. The number of aryl methyl sites for hydroxylation is 2. The van der Waals surface area contributed by atoms with Crippen LogP contribution in [0.3, 0.4) is 0 Å². The molecule has 0 saturated heterocycles. The standard InChI is InChI=1S/C16H26N2O2/c1-4-13-11-14(18(2)17-13)12-15(19)16(20-3)9-7-5-6-8-10-16/h11H,4-10,12H2,1-3H3. The molecule has 0 aliphatic heterocycles. The summed E-state index contributed by atoms with van der Waals surface area (Å²) in [6.45, 7) is 2.08. The van der Waals surface area contributed by atoms with Crippen molar-refractivity contribution in [2.24, 2.45) is 7.05 Å². The molecule has 1 heterocycles. The van der Waals surface area contributed by atoms with Gasteiger partial charge in [0.1, 0.15) is 5.60 Å². The monoisotopic (exact) mass is 278 g/mol. The summed E-state index contributed by atoms with van der Waals surface area (Å²) in [5.74, 6) is 0.215. The van der Waals surface area contributed by atoms with E-state index in [1.807, 2.05) is 17.8 Å². The van der Waals surface area contributed by atoms with E-state index in [9.17, 15) is 4.79 Å². The van der Waals surface area contributed by atoms with E-state index in [4.69, 9.17) is 4.74 Å². The summed E-state index contributed by atoms with van der Waals surface area (Å²) >= 11 is 0. The molecule has 0 unspecified atom stereocenters. The van der Waals surface area contributed by atoms with Gasteiger partial charge in [-0.1, -0.05) is 32.6 Å². The first kappa shape index (κ1) is 15.2. The number of carbonyl (C=O) groups is 1. The number of methoxy groups -OCH3 is 1. The van der Waals surface area contributed by atoms with Crippen LogP contribution in [0.5, 0.6) is 0 Å². The number of ether oxygens (including phenoxy) is 1. The molecule has 1 aliphatic rings. The molecule has 112 valence electrons. The Hall–Kier alpha value is -1.16. The number of Topliss-reactive ketones (excluding diaryl/α,β-unsaturated/α-hetero) is 1. The van der Waals surface area contributed by atoms with E-state index in [-0.39, 0.29) is 5.78 Å². The molecule has 2 rings (SSSR count). The lowest BCUT2D eigenvalue weighted by Crippen LogP contribution is -2.41. The molecule has 0 atom stereocenters. The summed E-state index contributed by atoms with van der Waals surface area (Å²) in [6, 6.07) is 2.04. The van der Waals surface area contributed by atoms with Crippen LogP contribution in [-0.4, -0.2) is 28.3 Å². The van der Waals surface area contributed by atoms with E-state index >= 15 is 0 Å². The first-order chi connectivity index (χ1) is 9.61. The second kappa shape index (κ2) is 6.53. The fourth-order valence-electron chi connectivity index (χ4n) is 3.13. The molecule has 0 spiro atoms. The molecule has 1 aromatic rings. The van der Waals surface area contributed by atoms with Crippen LogP contribution in [0.1, 0.15) is 56.8 Å². The molecular formula is C16H26N2O2. The molecule has 20 heavy (non-hydrogen) atoms. The highest BCUT2D eigenvalue weighted by atomic mass is 16.5. The first-order valence-electron chi connectivity index (χ1n) is 7.71. The average molecular weight is 278 g/mol. The summed E-state index contributed by atoms with van der Waals surface area (Å²) in [6.07, 6.45) is 7.65. The number of hydrogen-bond acceptors (Lipinski definition) is 3. The molecule has 0 bridgehead atoms. The summed E-state index contributed by atoms with van der Waals surface area (Å²) in [7, 11) is 3.60. The highest BCUT2D eigenvalue weighted by molar-refractivity contribution is 5.89. The Morgan fingerprint density at radius 3 is 2.50 bits per heavy atom. The lowest BCUT2D eigenvalue weighted by Gasteiger charge is -2.29. The molecule has 1 aliphatic carbocycles. The van der Waals surface area contributed by atoms with Crippen molar-refractivity contribution in [3.05, 3.63) is 17.5 Å². The fraction of sp³-hybridized carbons (Fsp3) is 0.750. The zero-order valence-electron chi connectivity index (χ0n) is 12.9. The van der Waals surface area contributed by atoms with Gasteiger partial charge in [-0.2, -0.15) is 5.10 Å². The lowest BCUT2D eigenvalue weighted by molar-refractivity contribution is -0.142. The number of rotatable bonds is 5. The zero-order chi connectivity index (χ0) is 14.6. The van der Waals surface area contributed by atoms with Gasteiger partial charge in [-0.3, -0.25) is 9.48 Å². The van der Waals surface area contributed by atoms with Gasteiger partial charge < -0.3 is 4.74 Å². The summed E-state index contributed by atoms with van der Waals surface area (Å²) in [4.78, 5) is 12.8. The molecular weight excluding hydrogens is 252 g/mol. The lowest BCUT2D eigenvalue weighted by atomic mass is 9.87. The van der Waals surface area contributed by atoms with Crippen LogP contribution in [0.4, 0.5) is 0 Å². The average Bonchev–Trinajstić information content (AvgIpc) is 2.68. The highest BCUT2D eigenvalue weighted by Gasteiger charge is 2.38. The topological polar surface area (TPSA) is 44.1 Å². The first-order valence-corrected chi connectivity index (χ1v) is 7.71. The van der Waals surface area contributed by atoms with Crippen LogP contribution < -0.4 is 0 Å². The van der Waals surface area contributed by atoms with E-state index in [0.29, 0.717) is 6.42 Å². The van der Waals surface area contributed by atoms with Crippen LogP contribution in [0, 0.1) is 0 Å². The quantitative estimate of drug-likeness (QED) is 0.778. The summed E-state index contributed by atoms with van der Waals surface area (Å²) in [5, 5.41) is 4.42. The third-order valence-corrected chi connectivity index (χ3v) is 4.54. The van der Waals surface area contributed by atoms with E-state index < -0.39 is 5.60 Å². The maximum absolute atomic E-state index is 12.8. The molecule has 0 aromatic carbocycles. The Morgan fingerprint density at radius 1 is 1.35 bits per heavy atom. The van der Waals surface area contributed by atoms with Gasteiger partial charge in [0.15, 0.2) is 5.78 Å². The Morgan fingerprint density at radius 2 is 2.00 bits per heavy atom. The smallest absolute Gasteiger partial charge is 0.170 e. The van der Waals surface area contributed by atoms with Crippen LogP contribution in [0.15, 0.2) is 6.07 Å². The second-order valence-electron chi connectivity index (χ2n) is 5.82. The van der Waals surface area contributed by atoms with Crippen molar-refractivity contribution in [3.63, 3.8) is 0 Å². The highest BCUT2D eigenvalue weighted by Crippen LogP contribution is 2.31. The summed E-state index contributed by atoms with van der Waals surface area (Å²) in [5.41, 5.74) is 1.47. The van der Waals surface area contributed by atoms with Crippen LogP contribution in [-0.2, 0) is 29.4 Å². The Labute approximate surface area is 121 Å². The van der Waals surface area contributed by atoms with Crippen molar-refractivity contribution >= 4 is 5.78 Å². The molecule has 0 radical (unpaired) electrons. The van der Waals surface area contributed by atoms with Gasteiger partial charge in [0.05, 0.1) is 12.1 Å². The molecule has 4 nitrogen and oxygen atoms in total. The predicted octanol–water partition coefficient (Wildman–Crippen LogP) is 2.83. The van der Waals surface area contributed by atoms with Crippen molar-refractivity contribution in [2.45, 2.75) is 63.9 Å². The van der Waals surface area contributed by atoms with Crippen molar-refractivity contribution in [1.82, 2.24) is 9.78 Å². The minimum Gasteiger partial charge on any atom is -0.370 e. The Bertz CT molecular complexity index is 457. The van der Waals surface area contributed by atoms with Crippen molar-refractivity contribution in [3.8, 4) is 0 Å². The van der Waals surface area contributed by atoms with Gasteiger partial charge in [-0.05, 0) is 25.3 Å². The molecule has 0 N–H and O–H groups in total. The van der Waals surface area contributed by atoms with Crippen molar-refractivity contribution in [2.75, 3.05) is 7.11 Å². The van der Waals surface area contributed by atoms with Gasteiger partial charge in [0, 0.05) is 19.9 Å². The SMILES string of the molecule is CCc1cc(CC(=O)C2(OC)CCCCCC2)n(C)n1. The number of ketones is 1. The van der Waals surface area contributed by atoms with Gasteiger partial charge in [0.25, 0.3) is 0 Å². The Kier molecular flexibility index (Phi) is 4.97. The molecule has 1 aromatic heterocycles. The largest absolute Gasteiger partial charge is 0.370 e. The number of aromatic nitrogens is 2. The predicted molar refractivity (Wildman–Crippen MR) is 78.7 cm³/mol. The normalized spacial score (nSPS) is 18.8. The van der Waals surface area contributed by atoms with Crippen LogP contribution in [0.2, 0.25) is 0 Å². The minimum atomic E-state index is -0.562. The van der Waals surface area contributed by atoms with Gasteiger partial charge in [-0.15, -0.1) is 0 Å². The fourth-order valence-corrected chi connectivity index (χ4v) is 3.13. The van der Waals surface area contributed by atoms with E-state index in [2.05, 4.69) is 12.0 Å². The van der Waals surface area contributed by atoms with Gasteiger partial charge >= 0.3 is 0 Å². The van der Waals surface area contributed by atoms with Crippen LogP contribution in [0.25, 0.3) is 0 Å². The molecule has 1 fully saturated rings. The maximum atomic E-state index is 12.8. The maximum Gasteiger partial charge on any atom is 0.170 e. The number of hydrogen-bond donors (Lipinski definition) is 0. The van der Waals surface area contributed by atoms with Gasteiger partial charge in [0.2, 0.25) is 0 Å². The van der Waals surface area contributed by atoms with Crippen molar-refractivity contribution in [1.29, 1.82) is 0 Å². The minimum absolute atomic E-state index is 0.215. The third kappa shape index (κ3) is 3.11. The van der Waals surface area contributed by atoms with E-state index in [0.717, 1.165) is 43.5 Å². The summed E-state index contributed by atoms with van der Waals surface area (Å²) < 4.78 is 7.52. The molecule has 0 amide bonds. The number of nitrogens with zero attached hydrogens (tertiary/aromatic N) is 2. The zero-order valence-corrected chi connectivity index (χ0v) is 12.9. The van der Waals surface area contributed by atoms with Gasteiger partial charge in [-0.25, -0.2) is 0 Å². The third-order valence-electron chi connectivity index (χ3n) is 4.54. The van der Waals surface area contributed by atoms with E-state index in [1.165, 1.54) is 12.8 Å². The van der Waals surface area contributed by atoms with Crippen LogP contribution >= 0.6 is 0 Å². The van der Waals surface area contributed by atoms with Crippen molar-refractivity contribution < 1.29 is 9.53 Å². The second-order valence-corrected chi connectivity index (χ2v) is 5.82. The molecule has 1 saturated carbocycles. The van der Waals surface area contributed by atoms with E-state index in [1.54, 1.807) is 7.11 Å². The number of carbonyl (C=O) groups excluding carboxylic acids is 1. The molecule has 4 heteroatoms.